The minimum absolute atomic E-state index is 0.182. The van der Waals surface area contributed by atoms with Crippen LogP contribution in [0.4, 0.5) is 5.69 Å². The first kappa shape index (κ1) is 18.5. The third-order valence-corrected chi connectivity index (χ3v) is 4.22. The van der Waals surface area contributed by atoms with Gasteiger partial charge < -0.3 is 14.8 Å². The zero-order valence-electron chi connectivity index (χ0n) is 13.1. The fourth-order valence-corrected chi connectivity index (χ4v) is 2.93. The average molecular weight is 457 g/mol. The highest BCUT2D eigenvalue weighted by atomic mass is 79.9. The average Bonchev–Trinajstić information content (AvgIpc) is 2.55. The molecule has 1 N–H and O–H groups in total. The minimum Gasteiger partial charge on any atom is -0.483 e. The van der Waals surface area contributed by atoms with Gasteiger partial charge in [0.25, 0.3) is 5.91 Å². The molecule has 0 aliphatic heterocycles. The van der Waals surface area contributed by atoms with Gasteiger partial charge in [-0.1, -0.05) is 22.0 Å². The number of anilines is 1. The van der Waals surface area contributed by atoms with Crippen molar-refractivity contribution in [2.75, 3.05) is 19.0 Å². The molecular weight excluding hydrogens is 442 g/mol. The molecule has 1 amide bonds. The summed E-state index contributed by atoms with van der Waals surface area (Å²) < 4.78 is 11.7. The van der Waals surface area contributed by atoms with Gasteiger partial charge in [-0.15, -0.1) is 0 Å². The molecule has 0 heterocycles. The molecule has 7 heteroatoms. The summed E-state index contributed by atoms with van der Waals surface area (Å²) in [6.45, 7) is 1.78. The van der Waals surface area contributed by atoms with Crippen molar-refractivity contribution < 1.29 is 19.1 Å². The lowest BCUT2D eigenvalue weighted by molar-refractivity contribution is -0.118. The highest BCUT2D eigenvalue weighted by molar-refractivity contribution is 9.10. The van der Waals surface area contributed by atoms with Gasteiger partial charge in [0.15, 0.2) is 6.61 Å². The first-order chi connectivity index (χ1) is 11.4. The first-order valence-electron chi connectivity index (χ1n) is 6.97. The van der Waals surface area contributed by atoms with Gasteiger partial charge in [-0.2, -0.15) is 0 Å². The third kappa shape index (κ3) is 4.82. The Bertz CT molecular complexity index is 777. The number of carbonyl (C=O) groups is 2. The molecule has 0 saturated carbocycles. The molecule has 0 aromatic heterocycles. The molecule has 0 unspecified atom stereocenters. The predicted octanol–water partition coefficient (Wildman–Crippen LogP) is 4.32. The van der Waals surface area contributed by atoms with Gasteiger partial charge in [0.1, 0.15) is 5.75 Å². The number of aryl methyl sites for hydroxylation is 1. The van der Waals surface area contributed by atoms with Gasteiger partial charge in [0, 0.05) is 4.47 Å². The number of benzene rings is 2. The second kappa shape index (κ2) is 8.30. The monoisotopic (exact) mass is 455 g/mol. The Morgan fingerprint density at radius 1 is 1.12 bits per heavy atom. The van der Waals surface area contributed by atoms with Crippen molar-refractivity contribution in [3.8, 4) is 5.75 Å². The van der Waals surface area contributed by atoms with Gasteiger partial charge in [-0.25, -0.2) is 4.79 Å². The molecule has 0 aliphatic rings. The van der Waals surface area contributed by atoms with E-state index in [4.69, 9.17) is 9.47 Å². The largest absolute Gasteiger partial charge is 0.483 e. The Kier molecular flexibility index (Phi) is 6.39. The van der Waals surface area contributed by atoms with E-state index in [-0.39, 0.29) is 18.1 Å². The molecule has 0 fully saturated rings. The van der Waals surface area contributed by atoms with Crippen LogP contribution in [-0.2, 0) is 9.53 Å². The number of amides is 1. The molecule has 2 aromatic carbocycles. The zero-order chi connectivity index (χ0) is 17.7. The van der Waals surface area contributed by atoms with E-state index in [1.165, 1.54) is 7.11 Å². The van der Waals surface area contributed by atoms with E-state index in [0.29, 0.717) is 15.9 Å². The van der Waals surface area contributed by atoms with Crippen LogP contribution in [-0.4, -0.2) is 25.6 Å². The van der Waals surface area contributed by atoms with E-state index in [0.717, 1.165) is 10.0 Å². The molecule has 0 radical (unpaired) electrons. The van der Waals surface area contributed by atoms with Crippen LogP contribution in [0.3, 0.4) is 0 Å². The molecular formula is C17H15Br2NO4. The van der Waals surface area contributed by atoms with E-state index < -0.39 is 5.97 Å². The number of esters is 1. The van der Waals surface area contributed by atoms with Crippen LogP contribution in [0.1, 0.15) is 15.9 Å². The SMILES string of the molecule is COC(=O)c1cc(Br)ccc1NC(=O)COc1ccc(C)cc1Br. The third-order valence-electron chi connectivity index (χ3n) is 3.11. The lowest BCUT2D eigenvalue weighted by atomic mass is 10.2. The molecule has 2 rings (SSSR count). The summed E-state index contributed by atoms with van der Waals surface area (Å²) in [5, 5.41) is 2.65. The summed E-state index contributed by atoms with van der Waals surface area (Å²) in [6, 6.07) is 10.5. The lowest BCUT2D eigenvalue weighted by Gasteiger charge is -2.12. The summed E-state index contributed by atoms with van der Waals surface area (Å²) in [5.41, 5.74) is 1.70. The van der Waals surface area contributed by atoms with E-state index in [9.17, 15) is 9.59 Å². The maximum Gasteiger partial charge on any atom is 0.340 e. The summed E-state index contributed by atoms with van der Waals surface area (Å²) in [7, 11) is 1.28. The smallest absolute Gasteiger partial charge is 0.340 e. The van der Waals surface area contributed by atoms with Crippen LogP contribution < -0.4 is 10.1 Å². The minimum atomic E-state index is -0.534. The van der Waals surface area contributed by atoms with E-state index in [1.807, 2.05) is 19.1 Å². The van der Waals surface area contributed by atoms with Gasteiger partial charge in [0.05, 0.1) is 22.8 Å². The number of halogens is 2. The number of ether oxygens (including phenoxy) is 2. The summed E-state index contributed by atoms with van der Waals surface area (Å²) in [6.07, 6.45) is 0. The fraction of sp³-hybridized carbons (Fsp3) is 0.176. The summed E-state index contributed by atoms with van der Waals surface area (Å²) >= 11 is 6.67. The van der Waals surface area contributed by atoms with Gasteiger partial charge in [-0.05, 0) is 58.7 Å². The van der Waals surface area contributed by atoms with Crippen LogP contribution >= 0.6 is 31.9 Å². The fourth-order valence-electron chi connectivity index (χ4n) is 1.96. The zero-order valence-corrected chi connectivity index (χ0v) is 16.2. The molecule has 0 saturated heterocycles. The van der Waals surface area contributed by atoms with E-state index in [1.54, 1.807) is 24.3 Å². The number of nitrogens with one attached hydrogen (secondary N) is 1. The number of hydrogen-bond acceptors (Lipinski definition) is 4. The quantitative estimate of drug-likeness (QED) is 0.680. The van der Waals surface area contributed by atoms with E-state index >= 15 is 0 Å². The second-order valence-electron chi connectivity index (χ2n) is 4.95. The van der Waals surface area contributed by atoms with Crippen LogP contribution in [0, 0.1) is 6.92 Å². The molecule has 2 aromatic rings. The van der Waals surface area contributed by atoms with Crippen molar-refractivity contribution in [2.45, 2.75) is 6.92 Å². The molecule has 126 valence electrons. The normalized spacial score (nSPS) is 10.2. The van der Waals surface area contributed by atoms with Crippen molar-refractivity contribution in [1.29, 1.82) is 0 Å². The maximum atomic E-state index is 12.1. The highest BCUT2D eigenvalue weighted by Crippen LogP contribution is 2.26. The number of hydrogen-bond donors (Lipinski definition) is 1. The van der Waals surface area contributed by atoms with E-state index in [2.05, 4.69) is 37.2 Å². The second-order valence-corrected chi connectivity index (χ2v) is 6.72. The van der Waals surface area contributed by atoms with Crippen molar-refractivity contribution in [1.82, 2.24) is 0 Å². The number of methoxy groups -OCH3 is 1. The maximum absolute atomic E-state index is 12.1. The summed E-state index contributed by atoms with van der Waals surface area (Å²) in [5.74, 6) is -0.344. The molecule has 0 atom stereocenters. The van der Waals surface area contributed by atoms with Gasteiger partial charge >= 0.3 is 5.97 Å². The molecule has 0 spiro atoms. The van der Waals surface area contributed by atoms with Crippen molar-refractivity contribution in [3.63, 3.8) is 0 Å². The molecule has 0 bridgehead atoms. The number of rotatable bonds is 5. The molecule has 0 aliphatic carbocycles. The summed E-state index contributed by atoms with van der Waals surface area (Å²) in [4.78, 5) is 23.9. The lowest BCUT2D eigenvalue weighted by Crippen LogP contribution is -2.22. The first-order valence-corrected chi connectivity index (χ1v) is 8.56. The number of carbonyl (C=O) groups excluding carboxylic acids is 2. The Morgan fingerprint density at radius 2 is 1.88 bits per heavy atom. The highest BCUT2D eigenvalue weighted by Gasteiger charge is 2.15. The van der Waals surface area contributed by atoms with Gasteiger partial charge in [-0.3, -0.25) is 4.79 Å². The Morgan fingerprint density at radius 3 is 2.54 bits per heavy atom. The van der Waals surface area contributed by atoms with Crippen molar-refractivity contribution in [2.24, 2.45) is 0 Å². The topological polar surface area (TPSA) is 64.6 Å². The van der Waals surface area contributed by atoms with Crippen molar-refractivity contribution in [3.05, 3.63) is 56.5 Å². The van der Waals surface area contributed by atoms with Gasteiger partial charge in [0.2, 0.25) is 0 Å². The molecule has 5 nitrogen and oxygen atoms in total. The van der Waals surface area contributed by atoms with Crippen LogP contribution in [0.5, 0.6) is 5.75 Å². The molecule has 24 heavy (non-hydrogen) atoms. The van der Waals surface area contributed by atoms with Crippen molar-refractivity contribution >= 4 is 49.4 Å². The standard InChI is InChI=1S/C17H15Br2NO4/c1-10-3-6-15(13(19)7-10)24-9-16(21)20-14-5-4-11(18)8-12(14)17(22)23-2/h3-8H,9H2,1-2H3,(H,20,21). The Hall–Kier alpha value is -1.86. The van der Waals surface area contributed by atoms with Crippen LogP contribution in [0.2, 0.25) is 0 Å². The Labute approximate surface area is 156 Å². The predicted molar refractivity (Wildman–Crippen MR) is 98.5 cm³/mol. The Balaban J connectivity index is 2.06. The van der Waals surface area contributed by atoms with Crippen LogP contribution in [0.25, 0.3) is 0 Å². The van der Waals surface area contributed by atoms with Crippen LogP contribution in [0.15, 0.2) is 45.3 Å².